The Labute approximate surface area is 65.5 Å². The van der Waals surface area contributed by atoms with Crippen LogP contribution in [0.5, 0.6) is 0 Å². The standard InChI is InChI=1S/C7H12O4/c1-6(8)11-5-3-4-7(9)10-2/h3-5H2,1-2H3. The van der Waals surface area contributed by atoms with Crippen LogP contribution >= 0.6 is 0 Å². The van der Waals surface area contributed by atoms with E-state index in [-0.39, 0.29) is 18.5 Å². The second-order valence-electron chi connectivity index (χ2n) is 2.02. The first kappa shape index (κ1) is 9.94. The van der Waals surface area contributed by atoms with Crippen molar-refractivity contribution in [2.45, 2.75) is 19.8 Å². The van der Waals surface area contributed by atoms with E-state index in [2.05, 4.69) is 9.47 Å². The van der Waals surface area contributed by atoms with E-state index in [9.17, 15) is 9.59 Å². The molecule has 0 aliphatic heterocycles. The van der Waals surface area contributed by atoms with E-state index in [0.717, 1.165) is 0 Å². The maximum atomic E-state index is 10.5. The molecule has 0 aromatic rings. The summed E-state index contributed by atoms with van der Waals surface area (Å²) in [6.07, 6.45) is 0.816. The lowest BCUT2D eigenvalue weighted by Gasteiger charge is -1.99. The highest BCUT2D eigenvalue weighted by atomic mass is 16.5. The average Bonchev–Trinajstić information content (AvgIpc) is 1.97. The van der Waals surface area contributed by atoms with Crippen LogP contribution < -0.4 is 0 Å². The highest BCUT2D eigenvalue weighted by Crippen LogP contribution is 1.92. The maximum Gasteiger partial charge on any atom is 0.305 e. The molecule has 0 radical (unpaired) electrons. The van der Waals surface area contributed by atoms with Crippen molar-refractivity contribution in [3.05, 3.63) is 0 Å². The zero-order chi connectivity index (χ0) is 8.69. The number of rotatable bonds is 4. The van der Waals surface area contributed by atoms with Crippen LogP contribution in [-0.2, 0) is 19.1 Å². The fourth-order valence-electron chi connectivity index (χ4n) is 0.534. The van der Waals surface area contributed by atoms with Crippen molar-refractivity contribution in [3.63, 3.8) is 0 Å². The van der Waals surface area contributed by atoms with Crippen LogP contribution in [0.4, 0.5) is 0 Å². The summed E-state index contributed by atoms with van der Waals surface area (Å²) in [6.45, 7) is 1.61. The molecule has 0 saturated carbocycles. The first-order valence-electron chi connectivity index (χ1n) is 3.37. The van der Waals surface area contributed by atoms with Crippen LogP contribution in [-0.4, -0.2) is 25.7 Å². The summed E-state index contributed by atoms with van der Waals surface area (Å²) in [5.74, 6) is -0.605. The summed E-state index contributed by atoms with van der Waals surface area (Å²) in [5, 5.41) is 0. The number of methoxy groups -OCH3 is 1. The van der Waals surface area contributed by atoms with Crippen molar-refractivity contribution in [1.29, 1.82) is 0 Å². The van der Waals surface area contributed by atoms with Crippen molar-refractivity contribution < 1.29 is 19.1 Å². The Hall–Kier alpha value is -1.06. The average molecular weight is 160 g/mol. The van der Waals surface area contributed by atoms with Gasteiger partial charge in [0, 0.05) is 13.3 Å². The smallest absolute Gasteiger partial charge is 0.305 e. The molecule has 0 rings (SSSR count). The zero-order valence-electron chi connectivity index (χ0n) is 6.75. The Kier molecular flexibility index (Phi) is 5.15. The molecule has 0 aliphatic rings. The summed E-state index contributed by atoms with van der Waals surface area (Å²) < 4.78 is 8.97. The second-order valence-corrected chi connectivity index (χ2v) is 2.02. The van der Waals surface area contributed by atoms with Gasteiger partial charge in [-0.2, -0.15) is 0 Å². The summed E-state index contributed by atoms with van der Waals surface area (Å²) in [7, 11) is 1.33. The Balaban J connectivity index is 3.14. The van der Waals surface area contributed by atoms with E-state index in [1.54, 1.807) is 0 Å². The van der Waals surface area contributed by atoms with E-state index in [0.29, 0.717) is 12.8 Å². The van der Waals surface area contributed by atoms with Gasteiger partial charge in [-0.1, -0.05) is 0 Å². The molecule has 0 bridgehead atoms. The Morgan fingerprint density at radius 1 is 1.36 bits per heavy atom. The number of carbonyl (C=O) groups is 2. The molecule has 0 aromatic heterocycles. The lowest BCUT2D eigenvalue weighted by molar-refractivity contribution is -0.144. The number of hydrogen-bond donors (Lipinski definition) is 0. The van der Waals surface area contributed by atoms with Crippen molar-refractivity contribution in [1.82, 2.24) is 0 Å². The van der Waals surface area contributed by atoms with Gasteiger partial charge in [-0.15, -0.1) is 0 Å². The lowest BCUT2D eigenvalue weighted by Crippen LogP contribution is -2.05. The summed E-state index contributed by atoms with van der Waals surface area (Å²) in [6, 6.07) is 0. The third kappa shape index (κ3) is 6.83. The van der Waals surface area contributed by atoms with Gasteiger partial charge < -0.3 is 9.47 Å². The topological polar surface area (TPSA) is 52.6 Å². The fraction of sp³-hybridized carbons (Fsp3) is 0.714. The lowest BCUT2D eigenvalue weighted by atomic mass is 10.3. The summed E-state index contributed by atoms with van der Waals surface area (Å²) in [5.41, 5.74) is 0. The highest BCUT2D eigenvalue weighted by Gasteiger charge is 1.99. The van der Waals surface area contributed by atoms with Crippen LogP contribution in [0.1, 0.15) is 19.8 Å². The highest BCUT2D eigenvalue weighted by molar-refractivity contribution is 5.69. The van der Waals surface area contributed by atoms with E-state index >= 15 is 0 Å². The maximum absolute atomic E-state index is 10.5. The molecule has 0 atom stereocenters. The monoisotopic (exact) mass is 160 g/mol. The van der Waals surface area contributed by atoms with Crippen LogP contribution in [0.2, 0.25) is 0 Å². The molecule has 64 valence electrons. The van der Waals surface area contributed by atoms with Crippen molar-refractivity contribution in [2.24, 2.45) is 0 Å². The molecule has 0 heterocycles. The van der Waals surface area contributed by atoms with Gasteiger partial charge in [0.15, 0.2) is 0 Å². The zero-order valence-corrected chi connectivity index (χ0v) is 6.75. The van der Waals surface area contributed by atoms with Crippen molar-refractivity contribution >= 4 is 11.9 Å². The van der Waals surface area contributed by atoms with Crippen molar-refractivity contribution in [2.75, 3.05) is 13.7 Å². The van der Waals surface area contributed by atoms with Crippen LogP contribution in [0.15, 0.2) is 0 Å². The number of hydrogen-bond acceptors (Lipinski definition) is 4. The second kappa shape index (κ2) is 5.70. The molecule has 0 amide bonds. The van der Waals surface area contributed by atoms with Gasteiger partial charge in [-0.25, -0.2) is 0 Å². The van der Waals surface area contributed by atoms with Gasteiger partial charge in [0.2, 0.25) is 0 Å². The van der Waals surface area contributed by atoms with Gasteiger partial charge in [0.05, 0.1) is 13.7 Å². The van der Waals surface area contributed by atoms with Crippen molar-refractivity contribution in [3.8, 4) is 0 Å². The third-order valence-corrected chi connectivity index (χ3v) is 1.06. The predicted molar refractivity (Wildman–Crippen MR) is 37.9 cm³/mol. The van der Waals surface area contributed by atoms with Gasteiger partial charge in [0.25, 0.3) is 0 Å². The van der Waals surface area contributed by atoms with Gasteiger partial charge in [-0.3, -0.25) is 9.59 Å². The molecular formula is C7H12O4. The molecule has 0 aromatic carbocycles. The van der Waals surface area contributed by atoms with Gasteiger partial charge in [-0.05, 0) is 6.42 Å². The molecule has 0 fully saturated rings. The first-order valence-corrected chi connectivity index (χ1v) is 3.37. The molecule has 0 saturated heterocycles. The van der Waals surface area contributed by atoms with Gasteiger partial charge >= 0.3 is 11.9 Å². The number of esters is 2. The summed E-state index contributed by atoms with van der Waals surface area (Å²) >= 11 is 0. The number of carbonyl (C=O) groups excluding carboxylic acids is 2. The normalized spacial score (nSPS) is 8.91. The third-order valence-electron chi connectivity index (χ3n) is 1.06. The molecule has 11 heavy (non-hydrogen) atoms. The predicted octanol–water partition coefficient (Wildman–Crippen LogP) is 0.503. The molecule has 0 N–H and O–H groups in total. The van der Waals surface area contributed by atoms with Crippen LogP contribution in [0.3, 0.4) is 0 Å². The van der Waals surface area contributed by atoms with E-state index < -0.39 is 0 Å². The molecule has 4 nitrogen and oxygen atoms in total. The largest absolute Gasteiger partial charge is 0.469 e. The molecular weight excluding hydrogens is 148 g/mol. The number of ether oxygens (including phenoxy) is 2. The van der Waals surface area contributed by atoms with E-state index in [4.69, 9.17) is 0 Å². The molecule has 4 heteroatoms. The minimum Gasteiger partial charge on any atom is -0.469 e. The fourth-order valence-corrected chi connectivity index (χ4v) is 0.534. The van der Waals surface area contributed by atoms with Gasteiger partial charge in [0.1, 0.15) is 0 Å². The quantitative estimate of drug-likeness (QED) is 0.444. The SMILES string of the molecule is COC(=O)CCCOC(C)=O. The molecule has 0 unspecified atom stereocenters. The Bertz CT molecular complexity index is 141. The van der Waals surface area contributed by atoms with E-state index in [1.807, 2.05) is 0 Å². The summed E-state index contributed by atoms with van der Waals surface area (Å²) in [4.78, 5) is 20.7. The van der Waals surface area contributed by atoms with Crippen LogP contribution in [0, 0.1) is 0 Å². The van der Waals surface area contributed by atoms with E-state index in [1.165, 1.54) is 14.0 Å². The molecule has 0 spiro atoms. The molecule has 0 aliphatic carbocycles. The van der Waals surface area contributed by atoms with Crippen LogP contribution in [0.25, 0.3) is 0 Å². The minimum absolute atomic E-state index is 0.280. The Morgan fingerprint density at radius 2 is 2.00 bits per heavy atom. The first-order chi connectivity index (χ1) is 5.16. The Morgan fingerprint density at radius 3 is 2.45 bits per heavy atom. The minimum atomic E-state index is -0.324.